The van der Waals surface area contributed by atoms with Crippen LogP contribution in [0.2, 0.25) is 0 Å². The van der Waals surface area contributed by atoms with E-state index in [9.17, 15) is 19.8 Å². The number of nitro groups is 1. The van der Waals surface area contributed by atoms with Gasteiger partial charge in [-0.15, -0.1) is 0 Å². The van der Waals surface area contributed by atoms with Gasteiger partial charge in [-0.2, -0.15) is 15.5 Å². The minimum atomic E-state index is -0.622. The van der Waals surface area contributed by atoms with Crippen LogP contribution in [0.15, 0.2) is 48.8 Å². The van der Waals surface area contributed by atoms with E-state index in [0.29, 0.717) is 31.9 Å². The first-order valence-electron chi connectivity index (χ1n) is 9.87. The van der Waals surface area contributed by atoms with Crippen molar-refractivity contribution in [1.82, 2.24) is 9.97 Å². The van der Waals surface area contributed by atoms with Crippen molar-refractivity contribution in [2.75, 3.05) is 36.0 Å². The fourth-order valence-corrected chi connectivity index (χ4v) is 3.58. The van der Waals surface area contributed by atoms with Crippen molar-refractivity contribution in [3.63, 3.8) is 0 Å². The molecule has 1 aliphatic rings. The van der Waals surface area contributed by atoms with E-state index in [1.807, 2.05) is 17.0 Å². The van der Waals surface area contributed by atoms with Crippen LogP contribution in [0.1, 0.15) is 11.1 Å². The van der Waals surface area contributed by atoms with Crippen LogP contribution >= 0.6 is 0 Å². The number of rotatable bonds is 5. The molecule has 11 heteroatoms. The van der Waals surface area contributed by atoms with Gasteiger partial charge in [-0.1, -0.05) is 12.1 Å². The molecule has 1 aromatic heterocycles. The lowest BCUT2D eigenvalue weighted by atomic mass is 10.1. The third-order valence-corrected chi connectivity index (χ3v) is 5.17. The highest BCUT2D eigenvalue weighted by molar-refractivity contribution is 5.64. The van der Waals surface area contributed by atoms with Crippen molar-refractivity contribution in [1.29, 1.82) is 10.5 Å². The number of nitriles is 2. The number of hydrogen-bond acceptors (Lipinski definition) is 9. The molecule has 0 spiro atoms. The summed E-state index contributed by atoms with van der Waals surface area (Å²) in [6, 6.07) is 14.4. The largest absolute Gasteiger partial charge is 0.433 e. The van der Waals surface area contributed by atoms with Crippen molar-refractivity contribution >= 4 is 17.2 Å². The molecule has 0 bridgehead atoms. The molecule has 0 amide bonds. The van der Waals surface area contributed by atoms with Crippen LogP contribution in [0.4, 0.5) is 21.6 Å². The van der Waals surface area contributed by atoms with Gasteiger partial charge in [-0.3, -0.25) is 10.1 Å². The van der Waals surface area contributed by atoms with Gasteiger partial charge in [0.2, 0.25) is 5.82 Å². The van der Waals surface area contributed by atoms with Gasteiger partial charge in [0.15, 0.2) is 0 Å². The Labute approximate surface area is 187 Å². The van der Waals surface area contributed by atoms with Gasteiger partial charge in [0, 0.05) is 26.2 Å². The summed E-state index contributed by atoms with van der Waals surface area (Å²) < 4.78 is 19.7. The standard InChI is InChI=1S/C22H16FN7O3/c23-18-3-1-2-4-19(18)28-7-9-29(10-8-28)21-20(30(31)32)22(27-14-26-21)33-17-6-5-15(12-24)16(11-17)13-25/h1-6,11,14H,7-10H2. The third kappa shape index (κ3) is 4.34. The quantitative estimate of drug-likeness (QED) is 0.428. The number of para-hydroxylation sites is 1. The number of benzene rings is 2. The van der Waals surface area contributed by atoms with E-state index in [0.717, 1.165) is 6.33 Å². The molecule has 4 rings (SSSR count). The highest BCUT2D eigenvalue weighted by atomic mass is 19.1. The average molecular weight is 445 g/mol. The molecule has 2 heterocycles. The van der Waals surface area contributed by atoms with Crippen molar-refractivity contribution < 1.29 is 14.1 Å². The summed E-state index contributed by atoms with van der Waals surface area (Å²) in [6.45, 7) is 1.64. The van der Waals surface area contributed by atoms with E-state index in [1.165, 1.54) is 24.3 Å². The lowest BCUT2D eigenvalue weighted by Crippen LogP contribution is -2.47. The molecular weight excluding hydrogens is 429 g/mol. The summed E-state index contributed by atoms with van der Waals surface area (Å²) in [5.41, 5.74) is 0.304. The number of hydrogen-bond donors (Lipinski definition) is 0. The van der Waals surface area contributed by atoms with Crippen LogP contribution in [0.25, 0.3) is 0 Å². The molecule has 3 aromatic rings. The zero-order valence-corrected chi connectivity index (χ0v) is 17.2. The number of ether oxygens (including phenoxy) is 1. The maximum absolute atomic E-state index is 14.1. The maximum atomic E-state index is 14.1. The molecular formula is C22H16FN7O3. The van der Waals surface area contributed by atoms with E-state index in [2.05, 4.69) is 9.97 Å². The van der Waals surface area contributed by atoms with Crippen molar-refractivity contribution in [2.24, 2.45) is 0 Å². The molecule has 0 atom stereocenters. The van der Waals surface area contributed by atoms with Gasteiger partial charge in [-0.25, -0.2) is 9.37 Å². The van der Waals surface area contributed by atoms with Crippen LogP contribution < -0.4 is 14.5 Å². The van der Waals surface area contributed by atoms with Gasteiger partial charge in [-0.05, 0) is 30.3 Å². The maximum Gasteiger partial charge on any atom is 0.373 e. The Kier molecular flexibility index (Phi) is 5.96. The second-order valence-electron chi connectivity index (χ2n) is 7.07. The lowest BCUT2D eigenvalue weighted by molar-refractivity contribution is -0.385. The van der Waals surface area contributed by atoms with E-state index < -0.39 is 10.6 Å². The summed E-state index contributed by atoms with van der Waals surface area (Å²) in [7, 11) is 0. The molecule has 10 nitrogen and oxygen atoms in total. The summed E-state index contributed by atoms with van der Waals surface area (Å²) >= 11 is 0. The number of nitrogens with zero attached hydrogens (tertiary/aromatic N) is 7. The van der Waals surface area contributed by atoms with E-state index in [1.54, 1.807) is 23.1 Å². The Bertz CT molecular complexity index is 1290. The first kappa shape index (κ1) is 21.5. The fourth-order valence-electron chi connectivity index (χ4n) is 3.58. The Balaban J connectivity index is 1.59. The second kappa shape index (κ2) is 9.16. The predicted molar refractivity (Wildman–Crippen MR) is 115 cm³/mol. The van der Waals surface area contributed by atoms with Crippen LogP contribution in [0.5, 0.6) is 11.6 Å². The van der Waals surface area contributed by atoms with Gasteiger partial charge >= 0.3 is 11.6 Å². The Morgan fingerprint density at radius 1 is 1.00 bits per heavy atom. The number of anilines is 2. The number of aromatic nitrogens is 2. The normalized spacial score (nSPS) is 13.2. The Hall–Kier alpha value is -4.77. The molecule has 0 unspecified atom stereocenters. The van der Waals surface area contributed by atoms with E-state index in [4.69, 9.17) is 10.00 Å². The molecule has 0 N–H and O–H groups in total. The Morgan fingerprint density at radius 3 is 2.36 bits per heavy atom. The summed E-state index contributed by atoms with van der Waals surface area (Å²) in [5.74, 6) is -0.390. The molecule has 0 aliphatic carbocycles. The van der Waals surface area contributed by atoms with Gasteiger partial charge in [0.1, 0.15) is 30.0 Å². The molecule has 1 aliphatic heterocycles. The topological polar surface area (TPSA) is 132 Å². The van der Waals surface area contributed by atoms with Crippen LogP contribution in [-0.4, -0.2) is 41.1 Å². The second-order valence-corrected chi connectivity index (χ2v) is 7.07. The number of piperazine rings is 1. The van der Waals surface area contributed by atoms with Crippen LogP contribution in [0.3, 0.4) is 0 Å². The Morgan fingerprint density at radius 2 is 1.70 bits per heavy atom. The first-order valence-corrected chi connectivity index (χ1v) is 9.87. The zero-order valence-electron chi connectivity index (χ0n) is 17.2. The minimum Gasteiger partial charge on any atom is -0.433 e. The third-order valence-electron chi connectivity index (χ3n) is 5.17. The molecule has 1 saturated heterocycles. The molecule has 0 radical (unpaired) electrons. The molecule has 33 heavy (non-hydrogen) atoms. The summed E-state index contributed by atoms with van der Waals surface area (Å²) in [4.78, 5) is 22.9. The predicted octanol–water partition coefficient (Wildman–Crippen LogP) is 3.39. The number of halogens is 1. The van der Waals surface area contributed by atoms with Gasteiger partial charge < -0.3 is 14.5 Å². The van der Waals surface area contributed by atoms with Crippen LogP contribution in [-0.2, 0) is 0 Å². The highest BCUT2D eigenvalue weighted by Gasteiger charge is 2.31. The van der Waals surface area contributed by atoms with Crippen LogP contribution in [0, 0.1) is 38.6 Å². The molecule has 164 valence electrons. The smallest absolute Gasteiger partial charge is 0.373 e. The summed E-state index contributed by atoms with van der Waals surface area (Å²) in [6.07, 6.45) is 1.16. The monoisotopic (exact) mass is 445 g/mol. The lowest BCUT2D eigenvalue weighted by Gasteiger charge is -2.36. The van der Waals surface area contributed by atoms with Crippen molar-refractivity contribution in [3.8, 4) is 23.8 Å². The molecule has 2 aromatic carbocycles. The van der Waals surface area contributed by atoms with Crippen molar-refractivity contribution in [3.05, 3.63) is 75.9 Å². The zero-order chi connectivity index (χ0) is 23.4. The van der Waals surface area contributed by atoms with Gasteiger partial charge in [0.25, 0.3) is 0 Å². The van der Waals surface area contributed by atoms with Crippen molar-refractivity contribution in [2.45, 2.75) is 0 Å². The average Bonchev–Trinajstić information content (AvgIpc) is 2.84. The van der Waals surface area contributed by atoms with E-state index in [-0.39, 0.29) is 34.4 Å². The minimum absolute atomic E-state index is 0.0798. The highest BCUT2D eigenvalue weighted by Crippen LogP contribution is 2.37. The SMILES string of the molecule is N#Cc1ccc(Oc2ncnc(N3CCN(c4ccccc4F)CC3)c2[N+](=O)[O-])cc1C#N. The molecule has 1 fully saturated rings. The first-order chi connectivity index (χ1) is 16.0. The fraction of sp³-hybridized carbons (Fsp3) is 0.182. The van der Waals surface area contributed by atoms with Gasteiger partial charge in [0.05, 0.1) is 21.7 Å². The summed E-state index contributed by atoms with van der Waals surface area (Å²) in [5, 5.41) is 30.1. The molecule has 0 saturated carbocycles. The van der Waals surface area contributed by atoms with E-state index >= 15 is 0 Å².